The Kier molecular flexibility index (Phi) is 3.35. The van der Waals surface area contributed by atoms with Crippen molar-refractivity contribution in [2.45, 2.75) is 6.54 Å². The normalized spacial score (nSPS) is 11.1. The Balaban J connectivity index is 2.26. The van der Waals surface area contributed by atoms with Crippen molar-refractivity contribution < 1.29 is 14.3 Å². The molecule has 0 aliphatic heterocycles. The average Bonchev–Trinajstić information content (AvgIpc) is 2.93. The maximum Gasteiger partial charge on any atom is 0.323 e. The summed E-state index contributed by atoms with van der Waals surface area (Å²) in [5.74, 6) is -1.26. The van der Waals surface area contributed by atoms with Crippen molar-refractivity contribution in [2.24, 2.45) is 0 Å². The van der Waals surface area contributed by atoms with Crippen LogP contribution in [0.25, 0.3) is 21.5 Å². The minimum Gasteiger partial charge on any atom is -0.480 e. The summed E-state index contributed by atoms with van der Waals surface area (Å²) in [5, 5.41) is 9.77. The molecule has 0 saturated heterocycles. The molecule has 0 spiro atoms. The highest BCUT2D eigenvalue weighted by atomic mass is 79.9. The average molecular weight is 354 g/mol. The van der Waals surface area contributed by atoms with Gasteiger partial charge in [-0.25, -0.2) is 4.39 Å². The number of hydrogen-bond acceptors (Lipinski definition) is 2. The molecule has 0 fully saturated rings. The molecule has 0 bridgehead atoms. The summed E-state index contributed by atoms with van der Waals surface area (Å²) in [7, 11) is 0. The maximum atomic E-state index is 13.3. The number of aromatic nitrogens is 1. The molecule has 2 aromatic heterocycles. The quantitative estimate of drug-likeness (QED) is 0.760. The first-order valence-electron chi connectivity index (χ1n) is 5.81. The first kappa shape index (κ1) is 13.3. The lowest BCUT2D eigenvalue weighted by Gasteiger charge is -2.06. The predicted octanol–water partition coefficient (Wildman–Crippen LogP) is 4.36. The topological polar surface area (TPSA) is 42.2 Å². The molecule has 0 atom stereocenters. The van der Waals surface area contributed by atoms with Crippen LogP contribution in [0.5, 0.6) is 0 Å². The molecule has 1 aromatic carbocycles. The zero-order valence-corrected chi connectivity index (χ0v) is 12.5. The Morgan fingerprint density at radius 1 is 1.30 bits per heavy atom. The fourth-order valence-corrected chi connectivity index (χ4v) is 3.61. The number of carbonyl (C=O) groups is 1. The zero-order chi connectivity index (χ0) is 14.3. The highest BCUT2D eigenvalue weighted by Gasteiger charge is 2.14. The second kappa shape index (κ2) is 5.03. The first-order chi connectivity index (χ1) is 9.54. The number of aliphatic carboxylic acids is 1. The number of rotatable bonds is 3. The number of hydrogen-bond donors (Lipinski definition) is 1. The van der Waals surface area contributed by atoms with E-state index in [4.69, 9.17) is 5.11 Å². The van der Waals surface area contributed by atoms with Crippen LogP contribution in [0.15, 0.2) is 40.2 Å². The summed E-state index contributed by atoms with van der Waals surface area (Å²) in [6.45, 7) is -0.153. The minimum atomic E-state index is -0.927. The lowest BCUT2D eigenvalue weighted by atomic mass is 10.2. The molecule has 0 radical (unpaired) electrons. The molecular formula is C14H9BrFNO2S. The number of carboxylic acid groups (broad SMARTS) is 1. The Morgan fingerprint density at radius 3 is 2.75 bits per heavy atom. The lowest BCUT2D eigenvalue weighted by molar-refractivity contribution is -0.137. The van der Waals surface area contributed by atoms with Crippen LogP contribution >= 0.6 is 27.3 Å². The van der Waals surface area contributed by atoms with Gasteiger partial charge in [-0.1, -0.05) is 0 Å². The zero-order valence-electron chi connectivity index (χ0n) is 10.1. The molecule has 0 amide bonds. The van der Waals surface area contributed by atoms with Crippen LogP contribution in [-0.4, -0.2) is 15.6 Å². The summed E-state index contributed by atoms with van der Waals surface area (Å²) in [6, 6.07) is 10.0. The maximum absolute atomic E-state index is 13.3. The molecule has 1 N–H and O–H groups in total. The van der Waals surface area contributed by atoms with Gasteiger partial charge in [0.1, 0.15) is 12.4 Å². The SMILES string of the molecule is O=C(O)Cn1c(-c2ccc(Br)s2)cc2cc(F)ccc21. The number of thiophene rings is 1. The molecule has 102 valence electrons. The van der Waals surface area contributed by atoms with Crippen molar-refractivity contribution in [1.29, 1.82) is 0 Å². The summed E-state index contributed by atoms with van der Waals surface area (Å²) >= 11 is 4.90. The number of nitrogens with zero attached hydrogens (tertiary/aromatic N) is 1. The molecule has 2 heterocycles. The third kappa shape index (κ3) is 2.36. The fraction of sp³-hybridized carbons (Fsp3) is 0.0714. The van der Waals surface area contributed by atoms with Gasteiger partial charge in [-0.15, -0.1) is 11.3 Å². The van der Waals surface area contributed by atoms with Gasteiger partial charge in [0.2, 0.25) is 0 Å². The van der Waals surface area contributed by atoms with Crippen LogP contribution in [0.2, 0.25) is 0 Å². The molecule has 3 nitrogen and oxygen atoms in total. The van der Waals surface area contributed by atoms with E-state index in [1.807, 2.05) is 18.2 Å². The summed E-state index contributed by atoms with van der Waals surface area (Å²) < 4.78 is 16.0. The smallest absolute Gasteiger partial charge is 0.323 e. The lowest BCUT2D eigenvalue weighted by Crippen LogP contribution is -2.09. The van der Waals surface area contributed by atoms with Crippen molar-refractivity contribution in [1.82, 2.24) is 4.57 Å². The van der Waals surface area contributed by atoms with Crippen LogP contribution in [0.4, 0.5) is 4.39 Å². The Bertz CT molecular complexity index is 809. The standard InChI is InChI=1S/C14H9BrFNO2S/c15-13-4-3-12(20-13)11-6-8-5-9(16)1-2-10(8)17(11)7-14(18)19/h1-6H,7H2,(H,18,19). The van der Waals surface area contributed by atoms with Crippen molar-refractivity contribution in [3.05, 3.63) is 46.0 Å². The van der Waals surface area contributed by atoms with E-state index in [1.165, 1.54) is 23.5 Å². The number of carboxylic acids is 1. The third-order valence-electron chi connectivity index (χ3n) is 2.98. The molecule has 0 unspecified atom stereocenters. The largest absolute Gasteiger partial charge is 0.480 e. The van der Waals surface area contributed by atoms with E-state index in [0.29, 0.717) is 10.9 Å². The van der Waals surface area contributed by atoms with E-state index in [2.05, 4.69) is 15.9 Å². The van der Waals surface area contributed by atoms with Gasteiger partial charge in [-0.3, -0.25) is 4.79 Å². The third-order valence-corrected chi connectivity index (χ3v) is 4.63. The van der Waals surface area contributed by atoms with Gasteiger partial charge < -0.3 is 9.67 Å². The highest BCUT2D eigenvalue weighted by molar-refractivity contribution is 9.11. The highest BCUT2D eigenvalue weighted by Crippen LogP contribution is 2.35. The van der Waals surface area contributed by atoms with E-state index < -0.39 is 5.97 Å². The summed E-state index contributed by atoms with van der Waals surface area (Å²) in [4.78, 5) is 12.0. The van der Waals surface area contributed by atoms with Gasteiger partial charge in [-0.2, -0.15) is 0 Å². The Morgan fingerprint density at radius 2 is 2.10 bits per heavy atom. The van der Waals surface area contributed by atoms with Crippen LogP contribution in [0.3, 0.4) is 0 Å². The molecule has 3 aromatic rings. The summed E-state index contributed by atoms with van der Waals surface area (Å²) in [6.07, 6.45) is 0. The van der Waals surface area contributed by atoms with E-state index in [0.717, 1.165) is 14.4 Å². The van der Waals surface area contributed by atoms with Gasteiger partial charge in [0.25, 0.3) is 0 Å². The molecule has 0 aliphatic rings. The van der Waals surface area contributed by atoms with Crippen molar-refractivity contribution in [2.75, 3.05) is 0 Å². The van der Waals surface area contributed by atoms with Crippen molar-refractivity contribution in [3.63, 3.8) is 0 Å². The Hall–Kier alpha value is -1.66. The number of halogens is 2. The van der Waals surface area contributed by atoms with E-state index in [9.17, 15) is 9.18 Å². The summed E-state index contributed by atoms with van der Waals surface area (Å²) in [5.41, 5.74) is 1.50. The minimum absolute atomic E-state index is 0.153. The van der Waals surface area contributed by atoms with Crippen LogP contribution in [0, 0.1) is 5.82 Å². The molecule has 6 heteroatoms. The van der Waals surface area contributed by atoms with Crippen molar-refractivity contribution in [3.8, 4) is 10.6 Å². The van der Waals surface area contributed by atoms with Gasteiger partial charge >= 0.3 is 5.97 Å². The molecule has 3 rings (SSSR count). The van der Waals surface area contributed by atoms with Gasteiger partial charge in [0.15, 0.2) is 0 Å². The van der Waals surface area contributed by atoms with E-state index in [-0.39, 0.29) is 12.4 Å². The predicted molar refractivity (Wildman–Crippen MR) is 80.5 cm³/mol. The van der Waals surface area contributed by atoms with Crippen LogP contribution < -0.4 is 0 Å². The van der Waals surface area contributed by atoms with Gasteiger partial charge in [0.05, 0.1) is 14.4 Å². The Labute approximate surface area is 126 Å². The second-order valence-corrected chi connectivity index (χ2v) is 6.78. The first-order valence-corrected chi connectivity index (χ1v) is 7.42. The number of benzene rings is 1. The molecule has 0 saturated carbocycles. The van der Waals surface area contributed by atoms with Crippen LogP contribution in [0.1, 0.15) is 0 Å². The fourth-order valence-electron chi connectivity index (χ4n) is 2.20. The van der Waals surface area contributed by atoms with Crippen molar-refractivity contribution >= 4 is 44.1 Å². The van der Waals surface area contributed by atoms with Gasteiger partial charge in [-0.05, 0) is 52.3 Å². The van der Waals surface area contributed by atoms with E-state index in [1.54, 1.807) is 10.6 Å². The number of fused-ring (bicyclic) bond motifs is 1. The molecule has 20 heavy (non-hydrogen) atoms. The monoisotopic (exact) mass is 353 g/mol. The molecule has 0 aliphatic carbocycles. The van der Waals surface area contributed by atoms with Gasteiger partial charge in [0, 0.05) is 10.9 Å². The molecular weight excluding hydrogens is 345 g/mol. The van der Waals surface area contributed by atoms with E-state index >= 15 is 0 Å². The second-order valence-electron chi connectivity index (χ2n) is 4.32. The van der Waals surface area contributed by atoms with Crippen LogP contribution in [-0.2, 0) is 11.3 Å².